The van der Waals surface area contributed by atoms with Gasteiger partial charge in [0.2, 0.25) is 0 Å². The molecule has 0 atom stereocenters. The van der Waals surface area contributed by atoms with Crippen LogP contribution in [0.25, 0.3) is 33.8 Å². The zero-order valence-electron chi connectivity index (χ0n) is 22.1. The highest BCUT2D eigenvalue weighted by Gasteiger charge is 2.36. The molecule has 1 aliphatic heterocycles. The zero-order chi connectivity index (χ0) is 28.5. The Bertz CT molecular complexity index is 1950. The predicted octanol–water partition coefficient (Wildman–Crippen LogP) is 7.14. The van der Waals surface area contributed by atoms with E-state index in [0.29, 0.717) is 27.4 Å². The Balaban J connectivity index is 1.51. The van der Waals surface area contributed by atoms with E-state index in [4.69, 9.17) is 16.7 Å². The van der Waals surface area contributed by atoms with E-state index in [1.54, 1.807) is 41.9 Å². The molecular weight excluding hydrogens is 532 g/mol. The molecule has 7 heteroatoms. The summed E-state index contributed by atoms with van der Waals surface area (Å²) >= 11 is 6.34. The van der Waals surface area contributed by atoms with Gasteiger partial charge in [-0.05, 0) is 59.2 Å². The molecule has 0 saturated carbocycles. The minimum Gasteiger partial charge on any atom is -0.269 e. The molecule has 6 rings (SSSR count). The van der Waals surface area contributed by atoms with Crippen LogP contribution in [0.15, 0.2) is 120 Å². The van der Waals surface area contributed by atoms with Crippen LogP contribution >= 0.6 is 11.6 Å². The Labute approximate surface area is 242 Å². The molecule has 0 unspecified atom stereocenters. The number of halogens is 1. The topological polar surface area (TPSA) is 79.0 Å². The minimum atomic E-state index is -0.637. The van der Waals surface area contributed by atoms with E-state index in [0.717, 1.165) is 26.9 Å². The van der Waals surface area contributed by atoms with Crippen LogP contribution in [0.4, 0.5) is 0 Å². The van der Waals surface area contributed by atoms with E-state index in [9.17, 15) is 14.9 Å². The van der Waals surface area contributed by atoms with E-state index < -0.39 is 11.8 Å². The van der Waals surface area contributed by atoms with Crippen molar-refractivity contribution < 1.29 is 9.59 Å². The van der Waals surface area contributed by atoms with Crippen LogP contribution in [0.1, 0.15) is 18.1 Å². The van der Waals surface area contributed by atoms with Gasteiger partial charge < -0.3 is 0 Å². The van der Waals surface area contributed by atoms with Gasteiger partial charge in [0.15, 0.2) is 0 Å². The van der Waals surface area contributed by atoms with Crippen molar-refractivity contribution in [1.82, 2.24) is 14.7 Å². The molecule has 0 saturated heterocycles. The molecule has 0 spiro atoms. The molecule has 0 radical (unpaired) electrons. The standard InChI is InChI=1S/C34H23ClN4O2/c1-22-29(33(40)38(34(41)30(22)19-36)20-26-11-7-8-14-31(26)35)18-27-21-39(28-12-3-2-4-13-28)37-32(27)25-16-15-23-9-5-6-10-24(23)17-25/h2-18,21H,20H2,1H3/b29-18+. The number of carbonyl (C=O) groups excluding carboxylic acids is 2. The maximum absolute atomic E-state index is 13.9. The Morgan fingerprint density at radius 3 is 2.34 bits per heavy atom. The largest absolute Gasteiger partial charge is 0.271 e. The zero-order valence-corrected chi connectivity index (χ0v) is 22.8. The molecule has 6 nitrogen and oxygen atoms in total. The van der Waals surface area contributed by atoms with Crippen molar-refractivity contribution in [2.45, 2.75) is 13.5 Å². The van der Waals surface area contributed by atoms with Gasteiger partial charge in [0, 0.05) is 27.9 Å². The Hall–Kier alpha value is -5.25. The second-order valence-electron chi connectivity index (χ2n) is 9.73. The van der Waals surface area contributed by atoms with Crippen LogP contribution < -0.4 is 0 Å². The summed E-state index contributed by atoms with van der Waals surface area (Å²) in [6.07, 6.45) is 3.58. The average Bonchev–Trinajstić information content (AvgIpc) is 3.43. The molecule has 41 heavy (non-hydrogen) atoms. The van der Waals surface area contributed by atoms with Crippen molar-refractivity contribution in [3.05, 3.63) is 136 Å². The summed E-state index contributed by atoms with van der Waals surface area (Å²) in [5, 5.41) is 17.4. The summed E-state index contributed by atoms with van der Waals surface area (Å²) in [5.74, 6) is -1.13. The molecule has 0 aliphatic carbocycles. The van der Waals surface area contributed by atoms with Gasteiger partial charge >= 0.3 is 0 Å². The third kappa shape index (κ3) is 4.84. The van der Waals surface area contributed by atoms with Crippen molar-refractivity contribution in [3.63, 3.8) is 0 Å². The molecule has 1 aliphatic rings. The Morgan fingerprint density at radius 1 is 0.878 bits per heavy atom. The lowest BCUT2D eigenvalue weighted by Crippen LogP contribution is -2.42. The van der Waals surface area contributed by atoms with Crippen LogP contribution in [0.2, 0.25) is 5.02 Å². The molecule has 198 valence electrons. The lowest BCUT2D eigenvalue weighted by molar-refractivity contribution is -0.141. The summed E-state index contributed by atoms with van der Waals surface area (Å²) in [4.78, 5) is 28.2. The number of rotatable bonds is 5. The van der Waals surface area contributed by atoms with Crippen molar-refractivity contribution >= 4 is 40.3 Å². The number of fused-ring (bicyclic) bond motifs is 1. The fraction of sp³-hybridized carbons (Fsp3) is 0.0588. The van der Waals surface area contributed by atoms with Gasteiger partial charge in [0.05, 0.1) is 17.9 Å². The lowest BCUT2D eigenvalue weighted by atomic mass is 9.92. The van der Waals surface area contributed by atoms with Crippen molar-refractivity contribution in [3.8, 4) is 23.0 Å². The van der Waals surface area contributed by atoms with Gasteiger partial charge in [-0.15, -0.1) is 0 Å². The van der Waals surface area contributed by atoms with Crippen LogP contribution in [-0.2, 0) is 16.1 Å². The van der Waals surface area contributed by atoms with E-state index in [1.807, 2.05) is 79.0 Å². The number of benzene rings is 4. The van der Waals surface area contributed by atoms with Gasteiger partial charge in [-0.25, -0.2) is 4.68 Å². The fourth-order valence-electron chi connectivity index (χ4n) is 4.99. The summed E-state index contributed by atoms with van der Waals surface area (Å²) in [7, 11) is 0. The van der Waals surface area contributed by atoms with Gasteiger partial charge in [-0.1, -0.05) is 84.4 Å². The molecular formula is C34H23ClN4O2. The van der Waals surface area contributed by atoms with E-state index in [1.165, 1.54) is 0 Å². The number of hydrogen-bond donors (Lipinski definition) is 0. The van der Waals surface area contributed by atoms with Crippen molar-refractivity contribution in [2.24, 2.45) is 0 Å². The monoisotopic (exact) mass is 554 g/mol. The first-order valence-corrected chi connectivity index (χ1v) is 13.4. The first-order chi connectivity index (χ1) is 19.9. The van der Waals surface area contributed by atoms with Crippen molar-refractivity contribution in [2.75, 3.05) is 0 Å². The molecule has 0 bridgehead atoms. The normalized spacial score (nSPS) is 14.7. The number of para-hydroxylation sites is 1. The van der Waals surface area contributed by atoms with Crippen LogP contribution in [-0.4, -0.2) is 26.5 Å². The smallest absolute Gasteiger partial charge is 0.269 e. The summed E-state index contributed by atoms with van der Waals surface area (Å²) < 4.78 is 1.77. The summed E-state index contributed by atoms with van der Waals surface area (Å²) in [5.41, 5.74) is 4.19. The van der Waals surface area contributed by atoms with E-state index in [-0.39, 0.29) is 17.7 Å². The van der Waals surface area contributed by atoms with Crippen LogP contribution in [0.3, 0.4) is 0 Å². The number of carbonyl (C=O) groups is 2. The first-order valence-electron chi connectivity index (χ1n) is 13.0. The second-order valence-corrected chi connectivity index (χ2v) is 10.1. The SMILES string of the molecule is CC1=C(C#N)C(=O)N(Cc2ccccc2Cl)C(=O)/C1=C/c1cn(-c2ccccc2)nc1-c1ccc2ccccc2c1. The third-order valence-electron chi connectivity index (χ3n) is 7.20. The van der Waals surface area contributed by atoms with Gasteiger partial charge in [0.1, 0.15) is 11.6 Å². The predicted molar refractivity (Wildman–Crippen MR) is 160 cm³/mol. The molecule has 5 aromatic rings. The second kappa shape index (κ2) is 10.7. The molecule has 4 aromatic carbocycles. The quantitative estimate of drug-likeness (QED) is 0.171. The van der Waals surface area contributed by atoms with Gasteiger partial charge in [-0.2, -0.15) is 10.4 Å². The highest BCUT2D eigenvalue weighted by molar-refractivity contribution is 6.31. The van der Waals surface area contributed by atoms with Crippen LogP contribution in [0.5, 0.6) is 0 Å². The summed E-state index contributed by atoms with van der Waals surface area (Å²) in [6.45, 7) is 1.58. The number of nitriles is 1. The molecule has 2 amide bonds. The number of nitrogens with zero attached hydrogens (tertiary/aromatic N) is 4. The number of hydrogen-bond acceptors (Lipinski definition) is 4. The highest BCUT2D eigenvalue weighted by Crippen LogP contribution is 2.33. The van der Waals surface area contributed by atoms with E-state index >= 15 is 0 Å². The van der Waals surface area contributed by atoms with E-state index in [2.05, 4.69) is 6.07 Å². The van der Waals surface area contributed by atoms with Gasteiger partial charge in [-0.3, -0.25) is 14.5 Å². The Kier molecular flexibility index (Phi) is 6.80. The number of aromatic nitrogens is 2. The van der Waals surface area contributed by atoms with Crippen molar-refractivity contribution in [1.29, 1.82) is 5.26 Å². The van der Waals surface area contributed by atoms with Crippen LogP contribution in [0, 0.1) is 11.3 Å². The number of imide groups is 1. The maximum Gasteiger partial charge on any atom is 0.271 e. The molecule has 1 aromatic heterocycles. The van der Waals surface area contributed by atoms with Gasteiger partial charge in [0.25, 0.3) is 11.8 Å². The number of amides is 2. The highest BCUT2D eigenvalue weighted by atomic mass is 35.5. The molecule has 0 N–H and O–H groups in total. The first kappa shape index (κ1) is 26.0. The molecule has 2 heterocycles. The summed E-state index contributed by atoms with van der Waals surface area (Å²) in [6, 6.07) is 32.9. The maximum atomic E-state index is 13.9. The molecule has 0 fully saturated rings. The third-order valence-corrected chi connectivity index (χ3v) is 7.57. The fourth-order valence-corrected chi connectivity index (χ4v) is 5.19. The minimum absolute atomic E-state index is 0.0477. The Morgan fingerprint density at radius 2 is 1.59 bits per heavy atom. The average molecular weight is 555 g/mol. The lowest BCUT2D eigenvalue weighted by Gasteiger charge is -2.27.